The van der Waals surface area contributed by atoms with Gasteiger partial charge in [-0.3, -0.25) is 19.2 Å². The first-order valence-corrected chi connectivity index (χ1v) is 14.6. The number of hydrogen-bond donors (Lipinski definition) is 2. The fourth-order valence-corrected chi connectivity index (χ4v) is 5.74. The van der Waals surface area contributed by atoms with Gasteiger partial charge in [-0.05, 0) is 32.6 Å². The number of hydrogen-bond acceptors (Lipinski definition) is 10. The van der Waals surface area contributed by atoms with E-state index in [1.165, 1.54) is 26.0 Å². The first-order chi connectivity index (χ1) is 20.5. The molecule has 2 aromatic heterocycles. The second-order valence-corrected chi connectivity index (χ2v) is 10.9. The van der Waals surface area contributed by atoms with Crippen molar-refractivity contribution in [3.05, 3.63) is 45.8 Å². The van der Waals surface area contributed by atoms with Crippen LogP contribution in [0.1, 0.15) is 123 Å². The molecule has 0 bridgehead atoms. The van der Waals surface area contributed by atoms with Crippen molar-refractivity contribution in [2.45, 2.75) is 90.5 Å². The predicted molar refractivity (Wildman–Crippen MR) is 153 cm³/mol. The Labute approximate surface area is 250 Å². The van der Waals surface area contributed by atoms with E-state index in [4.69, 9.17) is 14.6 Å². The highest BCUT2D eigenvalue weighted by Gasteiger charge is 2.32. The topological polar surface area (TPSA) is 185 Å². The lowest BCUT2D eigenvalue weighted by atomic mass is 9.85. The van der Waals surface area contributed by atoms with Crippen LogP contribution in [0.5, 0.6) is 0 Å². The molecule has 4 rings (SSSR count). The van der Waals surface area contributed by atoms with Gasteiger partial charge in [0.15, 0.2) is 0 Å². The lowest BCUT2D eigenvalue weighted by Crippen LogP contribution is -2.36. The van der Waals surface area contributed by atoms with Crippen molar-refractivity contribution in [3.8, 4) is 0 Å². The molecular weight excluding hydrogens is 560 g/mol. The smallest absolute Gasteiger partial charge is 0.379 e. The van der Waals surface area contributed by atoms with Gasteiger partial charge in [0.2, 0.25) is 0 Å². The molecule has 2 aliphatic carbocycles. The van der Waals surface area contributed by atoms with Crippen LogP contribution in [-0.2, 0) is 25.5 Å². The van der Waals surface area contributed by atoms with Crippen LogP contribution in [0.25, 0.3) is 0 Å². The molecule has 234 valence electrons. The quantitative estimate of drug-likeness (QED) is 0.240. The lowest BCUT2D eigenvalue weighted by Gasteiger charge is -2.22. The predicted octanol–water partition coefficient (Wildman–Crippen LogP) is 4.17. The molecule has 2 fully saturated rings. The summed E-state index contributed by atoms with van der Waals surface area (Å²) in [6.07, 6.45) is 12.7. The molecule has 2 aliphatic rings. The standard InChI is InChI=1S/C16H21NO5.C15H19NO5/c1-9-12(14(18)16(20)21-2)13(15(17)19)11(22-9)8-10-6-4-3-5-7-10;1-9-12(13(17)15(19)20-2)11(8-21-9)14(18)16-10-6-4-3-5-7-10/h10H,3-8H2,1-2H3,(H2,17,19);8,10H,3-7H2,1-2H3,(H,16,18). The minimum atomic E-state index is -1.03. The maximum atomic E-state index is 12.3. The fraction of sp³-hybridized carbons (Fsp3) is 0.548. The van der Waals surface area contributed by atoms with Crippen molar-refractivity contribution in [1.29, 1.82) is 0 Å². The number of amides is 2. The van der Waals surface area contributed by atoms with E-state index < -0.39 is 29.4 Å². The van der Waals surface area contributed by atoms with Gasteiger partial charge in [0, 0.05) is 12.5 Å². The molecule has 43 heavy (non-hydrogen) atoms. The van der Waals surface area contributed by atoms with E-state index in [-0.39, 0.29) is 45.7 Å². The molecule has 12 heteroatoms. The van der Waals surface area contributed by atoms with Crippen LogP contribution in [0.3, 0.4) is 0 Å². The van der Waals surface area contributed by atoms with E-state index in [1.807, 2.05) is 0 Å². The van der Waals surface area contributed by atoms with Crippen molar-refractivity contribution in [2.24, 2.45) is 11.7 Å². The number of rotatable bonds is 9. The van der Waals surface area contributed by atoms with E-state index in [9.17, 15) is 28.8 Å². The number of carbonyl (C=O) groups excluding carboxylic acids is 6. The number of methoxy groups -OCH3 is 2. The maximum absolute atomic E-state index is 12.3. The maximum Gasteiger partial charge on any atom is 0.379 e. The zero-order valence-electron chi connectivity index (χ0n) is 25.2. The van der Waals surface area contributed by atoms with Gasteiger partial charge in [0.05, 0.1) is 36.5 Å². The van der Waals surface area contributed by atoms with E-state index >= 15 is 0 Å². The van der Waals surface area contributed by atoms with Crippen LogP contribution in [0.2, 0.25) is 0 Å². The van der Waals surface area contributed by atoms with Crippen LogP contribution in [0, 0.1) is 19.8 Å². The summed E-state index contributed by atoms with van der Waals surface area (Å²) in [7, 11) is 2.24. The number of Topliss-reactive ketones (excluding diaryl/α,β-unsaturated/α-hetero) is 2. The van der Waals surface area contributed by atoms with Gasteiger partial charge in [-0.25, -0.2) is 9.59 Å². The Balaban J connectivity index is 0.000000236. The van der Waals surface area contributed by atoms with Crippen molar-refractivity contribution in [1.82, 2.24) is 5.32 Å². The minimum Gasteiger partial charge on any atom is -0.468 e. The van der Waals surface area contributed by atoms with E-state index in [2.05, 4.69) is 14.8 Å². The van der Waals surface area contributed by atoms with Crippen LogP contribution in [0.4, 0.5) is 0 Å². The first kappa shape index (κ1) is 33.3. The molecule has 0 atom stereocenters. The molecule has 0 unspecified atom stereocenters. The third-order valence-electron chi connectivity index (χ3n) is 7.96. The highest BCUT2D eigenvalue weighted by atomic mass is 16.5. The van der Waals surface area contributed by atoms with Gasteiger partial charge in [-0.15, -0.1) is 0 Å². The highest BCUT2D eigenvalue weighted by Crippen LogP contribution is 2.31. The number of carbonyl (C=O) groups is 6. The summed E-state index contributed by atoms with van der Waals surface area (Å²) in [5, 5.41) is 2.90. The summed E-state index contributed by atoms with van der Waals surface area (Å²) in [6, 6.07) is 0.113. The number of nitrogens with one attached hydrogen (secondary N) is 1. The Morgan fingerprint density at radius 1 is 0.791 bits per heavy atom. The lowest BCUT2D eigenvalue weighted by molar-refractivity contribution is -0.135. The summed E-state index contributed by atoms with van der Waals surface area (Å²) < 4.78 is 19.6. The molecule has 12 nitrogen and oxygen atoms in total. The summed E-state index contributed by atoms with van der Waals surface area (Å²) >= 11 is 0. The Hall–Kier alpha value is -4.22. The third kappa shape index (κ3) is 8.20. The summed E-state index contributed by atoms with van der Waals surface area (Å²) in [4.78, 5) is 71.0. The molecule has 0 aliphatic heterocycles. The van der Waals surface area contributed by atoms with E-state index in [0.717, 1.165) is 65.6 Å². The SMILES string of the molecule is COC(=O)C(=O)c1c(C(=O)NC2CCCCC2)coc1C.COC(=O)C(=O)c1c(C)oc(CC2CCCCC2)c1C(N)=O. The van der Waals surface area contributed by atoms with Crippen molar-refractivity contribution in [3.63, 3.8) is 0 Å². The zero-order chi connectivity index (χ0) is 31.7. The van der Waals surface area contributed by atoms with Gasteiger partial charge in [-0.1, -0.05) is 51.4 Å². The highest BCUT2D eigenvalue weighted by molar-refractivity contribution is 6.42. The molecular formula is C31H40N2O10. The largest absolute Gasteiger partial charge is 0.468 e. The Morgan fingerprint density at radius 3 is 1.86 bits per heavy atom. The van der Waals surface area contributed by atoms with Gasteiger partial charge >= 0.3 is 11.9 Å². The number of ether oxygens (including phenoxy) is 2. The van der Waals surface area contributed by atoms with Crippen molar-refractivity contribution < 1.29 is 47.1 Å². The van der Waals surface area contributed by atoms with Crippen molar-refractivity contribution >= 4 is 35.3 Å². The molecule has 2 aromatic rings. The summed E-state index contributed by atoms with van der Waals surface area (Å²) in [5.41, 5.74) is 5.44. The average molecular weight is 601 g/mol. The molecule has 0 aromatic carbocycles. The molecule has 0 spiro atoms. The van der Waals surface area contributed by atoms with Crippen LogP contribution in [-0.4, -0.2) is 55.6 Å². The Kier molecular flexibility index (Phi) is 11.8. The number of nitrogens with two attached hydrogens (primary N) is 1. The average Bonchev–Trinajstić information content (AvgIpc) is 3.55. The first-order valence-electron chi connectivity index (χ1n) is 14.6. The molecule has 2 saturated carbocycles. The van der Waals surface area contributed by atoms with Gasteiger partial charge in [-0.2, -0.15) is 0 Å². The minimum absolute atomic E-state index is 0.0184. The molecule has 3 N–H and O–H groups in total. The van der Waals surface area contributed by atoms with Crippen molar-refractivity contribution in [2.75, 3.05) is 14.2 Å². The fourth-order valence-electron chi connectivity index (χ4n) is 5.74. The van der Waals surface area contributed by atoms with Crippen LogP contribution < -0.4 is 11.1 Å². The van der Waals surface area contributed by atoms with Gasteiger partial charge < -0.3 is 29.4 Å². The second kappa shape index (κ2) is 15.3. The Morgan fingerprint density at radius 2 is 1.33 bits per heavy atom. The summed E-state index contributed by atoms with van der Waals surface area (Å²) in [6.45, 7) is 3.08. The number of primary amides is 1. The normalized spacial score (nSPS) is 15.5. The summed E-state index contributed by atoms with van der Waals surface area (Å²) in [5.74, 6) is -3.65. The molecule has 2 amide bonds. The third-order valence-corrected chi connectivity index (χ3v) is 7.96. The van der Waals surface area contributed by atoms with E-state index in [0.29, 0.717) is 18.1 Å². The number of esters is 2. The number of furan rings is 2. The molecule has 0 radical (unpaired) electrons. The number of aryl methyl sites for hydroxylation is 2. The molecule has 0 saturated heterocycles. The second-order valence-electron chi connectivity index (χ2n) is 10.9. The Bertz CT molecular complexity index is 1360. The zero-order valence-corrected chi connectivity index (χ0v) is 25.2. The van der Waals surface area contributed by atoms with Crippen LogP contribution in [0.15, 0.2) is 15.1 Å². The van der Waals surface area contributed by atoms with Gasteiger partial charge in [0.1, 0.15) is 23.5 Å². The van der Waals surface area contributed by atoms with Gasteiger partial charge in [0.25, 0.3) is 23.4 Å². The van der Waals surface area contributed by atoms with E-state index in [1.54, 1.807) is 6.92 Å². The number of ketones is 2. The molecule has 2 heterocycles. The monoisotopic (exact) mass is 600 g/mol. The van der Waals surface area contributed by atoms with Crippen LogP contribution >= 0.6 is 0 Å².